The molecule has 1 rings (SSSR count). The third-order valence-corrected chi connectivity index (χ3v) is 2.61. The zero-order valence-corrected chi connectivity index (χ0v) is 8.61. The van der Waals surface area contributed by atoms with E-state index in [1.807, 2.05) is 32.0 Å². The molecule has 0 saturated carbocycles. The highest BCUT2D eigenvalue weighted by atomic mass is 32.2. The average molecular weight is 189 g/mol. The number of aryl methyl sites for hydroxylation is 1. The SMILES string of the molecule is C=C(C)Sc1cc(C#N)ccc1C. The number of rotatable bonds is 2. The summed E-state index contributed by atoms with van der Waals surface area (Å²) < 4.78 is 0. The fraction of sp³-hybridized carbons (Fsp3) is 0.182. The van der Waals surface area contributed by atoms with Crippen LogP contribution in [0.3, 0.4) is 0 Å². The largest absolute Gasteiger partial charge is 0.192 e. The quantitative estimate of drug-likeness (QED) is 0.665. The molecule has 0 aliphatic carbocycles. The van der Waals surface area contributed by atoms with Crippen molar-refractivity contribution < 1.29 is 0 Å². The molecule has 0 saturated heterocycles. The van der Waals surface area contributed by atoms with Crippen LogP contribution in [0.1, 0.15) is 18.1 Å². The lowest BCUT2D eigenvalue weighted by molar-refractivity contribution is 1.29. The second-order valence-corrected chi connectivity index (χ2v) is 4.24. The Labute approximate surface area is 83.1 Å². The van der Waals surface area contributed by atoms with Gasteiger partial charge in [0.15, 0.2) is 0 Å². The van der Waals surface area contributed by atoms with Gasteiger partial charge in [-0.2, -0.15) is 5.26 Å². The van der Waals surface area contributed by atoms with E-state index in [4.69, 9.17) is 5.26 Å². The van der Waals surface area contributed by atoms with Gasteiger partial charge in [0.25, 0.3) is 0 Å². The molecule has 13 heavy (non-hydrogen) atoms. The monoisotopic (exact) mass is 189 g/mol. The van der Waals surface area contributed by atoms with Gasteiger partial charge in [-0.25, -0.2) is 0 Å². The number of nitriles is 1. The molecule has 0 aliphatic heterocycles. The van der Waals surface area contributed by atoms with Crippen molar-refractivity contribution in [2.75, 3.05) is 0 Å². The molecule has 1 nitrogen and oxygen atoms in total. The van der Waals surface area contributed by atoms with E-state index in [-0.39, 0.29) is 0 Å². The first kappa shape index (κ1) is 9.88. The van der Waals surface area contributed by atoms with Crippen LogP contribution in [0.5, 0.6) is 0 Å². The van der Waals surface area contributed by atoms with Crippen LogP contribution in [0.2, 0.25) is 0 Å². The second-order valence-electron chi connectivity index (χ2n) is 2.90. The van der Waals surface area contributed by atoms with Crippen LogP contribution in [0, 0.1) is 18.3 Å². The minimum Gasteiger partial charge on any atom is -0.192 e. The van der Waals surface area contributed by atoms with Gasteiger partial charge in [-0.15, -0.1) is 0 Å². The molecule has 0 heterocycles. The Hall–Kier alpha value is -1.20. The van der Waals surface area contributed by atoms with Crippen molar-refractivity contribution in [1.29, 1.82) is 5.26 Å². The Morgan fingerprint density at radius 3 is 2.77 bits per heavy atom. The molecule has 0 bridgehead atoms. The van der Waals surface area contributed by atoms with Crippen LogP contribution in [0.25, 0.3) is 0 Å². The summed E-state index contributed by atoms with van der Waals surface area (Å²) in [5, 5.41) is 8.71. The number of hydrogen-bond acceptors (Lipinski definition) is 2. The van der Waals surface area contributed by atoms with Crippen LogP contribution in [0.15, 0.2) is 34.6 Å². The Kier molecular flexibility index (Phi) is 3.16. The van der Waals surface area contributed by atoms with E-state index in [9.17, 15) is 0 Å². The highest BCUT2D eigenvalue weighted by molar-refractivity contribution is 8.03. The Morgan fingerprint density at radius 2 is 2.23 bits per heavy atom. The number of hydrogen-bond donors (Lipinski definition) is 0. The molecule has 0 radical (unpaired) electrons. The van der Waals surface area contributed by atoms with Crippen molar-refractivity contribution in [3.63, 3.8) is 0 Å². The van der Waals surface area contributed by atoms with Crippen molar-refractivity contribution >= 4 is 11.8 Å². The van der Waals surface area contributed by atoms with E-state index in [1.54, 1.807) is 11.8 Å². The van der Waals surface area contributed by atoms with Crippen molar-refractivity contribution in [3.05, 3.63) is 40.8 Å². The van der Waals surface area contributed by atoms with Crippen LogP contribution in [0.4, 0.5) is 0 Å². The molecule has 0 amide bonds. The third kappa shape index (κ3) is 2.64. The van der Waals surface area contributed by atoms with E-state index in [0.29, 0.717) is 5.56 Å². The van der Waals surface area contributed by atoms with E-state index in [0.717, 1.165) is 9.80 Å². The standard InChI is InChI=1S/C11H11NS/c1-8(2)13-11-6-10(7-12)5-4-9(11)3/h4-6H,1H2,2-3H3. The lowest BCUT2D eigenvalue weighted by Gasteiger charge is -2.04. The zero-order chi connectivity index (χ0) is 9.84. The molecule has 0 unspecified atom stereocenters. The Morgan fingerprint density at radius 1 is 1.54 bits per heavy atom. The molecular weight excluding hydrogens is 178 g/mol. The lowest BCUT2D eigenvalue weighted by atomic mass is 10.2. The van der Waals surface area contributed by atoms with Gasteiger partial charge < -0.3 is 0 Å². The highest BCUT2D eigenvalue weighted by Crippen LogP contribution is 2.28. The van der Waals surface area contributed by atoms with Crippen molar-refractivity contribution in [1.82, 2.24) is 0 Å². The van der Waals surface area contributed by atoms with Crippen LogP contribution in [-0.4, -0.2) is 0 Å². The molecule has 1 aromatic carbocycles. The summed E-state index contributed by atoms with van der Waals surface area (Å²) in [6.45, 7) is 7.82. The zero-order valence-electron chi connectivity index (χ0n) is 7.79. The summed E-state index contributed by atoms with van der Waals surface area (Å²) >= 11 is 1.61. The topological polar surface area (TPSA) is 23.8 Å². The molecule has 0 aromatic heterocycles. The minimum atomic E-state index is 0.703. The second kappa shape index (κ2) is 4.15. The van der Waals surface area contributed by atoms with Crippen LogP contribution >= 0.6 is 11.8 Å². The third-order valence-electron chi connectivity index (χ3n) is 1.60. The van der Waals surface area contributed by atoms with Crippen molar-refractivity contribution in [2.45, 2.75) is 18.7 Å². The van der Waals surface area contributed by atoms with Gasteiger partial charge in [0.2, 0.25) is 0 Å². The molecule has 2 heteroatoms. The highest BCUT2D eigenvalue weighted by Gasteiger charge is 2.00. The van der Waals surface area contributed by atoms with Gasteiger partial charge in [0.05, 0.1) is 11.6 Å². The lowest BCUT2D eigenvalue weighted by Crippen LogP contribution is -1.81. The van der Waals surface area contributed by atoms with Crippen LogP contribution < -0.4 is 0 Å². The number of thioether (sulfide) groups is 1. The molecule has 0 N–H and O–H groups in total. The van der Waals surface area contributed by atoms with Gasteiger partial charge in [-0.1, -0.05) is 24.4 Å². The van der Waals surface area contributed by atoms with Gasteiger partial charge in [0, 0.05) is 4.90 Å². The normalized spacial score (nSPS) is 9.31. The van der Waals surface area contributed by atoms with E-state index in [1.165, 1.54) is 5.56 Å². The van der Waals surface area contributed by atoms with E-state index >= 15 is 0 Å². The summed E-state index contributed by atoms with van der Waals surface area (Å²) in [4.78, 5) is 2.16. The predicted octanol–water partition coefficient (Wildman–Crippen LogP) is 3.49. The van der Waals surface area contributed by atoms with Gasteiger partial charge in [-0.3, -0.25) is 0 Å². The van der Waals surface area contributed by atoms with E-state index < -0.39 is 0 Å². The van der Waals surface area contributed by atoms with Gasteiger partial charge >= 0.3 is 0 Å². The van der Waals surface area contributed by atoms with Crippen molar-refractivity contribution in [3.8, 4) is 6.07 Å². The number of allylic oxidation sites excluding steroid dienone is 1. The Balaban J connectivity index is 3.05. The summed E-state index contributed by atoms with van der Waals surface area (Å²) in [5.41, 5.74) is 1.89. The van der Waals surface area contributed by atoms with Crippen LogP contribution in [-0.2, 0) is 0 Å². The fourth-order valence-corrected chi connectivity index (χ4v) is 1.76. The van der Waals surface area contributed by atoms with Crippen molar-refractivity contribution in [2.24, 2.45) is 0 Å². The Bertz CT molecular complexity index is 374. The molecule has 1 aromatic rings. The maximum Gasteiger partial charge on any atom is 0.0992 e. The van der Waals surface area contributed by atoms with Gasteiger partial charge in [0.1, 0.15) is 0 Å². The van der Waals surface area contributed by atoms with Gasteiger partial charge in [-0.05, 0) is 36.4 Å². The maximum absolute atomic E-state index is 8.71. The summed E-state index contributed by atoms with van der Waals surface area (Å²) in [6.07, 6.45) is 0. The summed E-state index contributed by atoms with van der Waals surface area (Å²) in [6, 6.07) is 7.82. The maximum atomic E-state index is 8.71. The molecule has 0 atom stereocenters. The fourth-order valence-electron chi connectivity index (χ4n) is 0.967. The summed E-state index contributed by atoms with van der Waals surface area (Å²) in [5.74, 6) is 0. The smallest absolute Gasteiger partial charge is 0.0992 e. The molecular formula is C11H11NS. The summed E-state index contributed by atoms with van der Waals surface area (Å²) in [7, 11) is 0. The first-order valence-corrected chi connectivity index (χ1v) is 4.79. The molecule has 0 aliphatic rings. The average Bonchev–Trinajstić information content (AvgIpc) is 2.08. The number of nitrogens with zero attached hydrogens (tertiary/aromatic N) is 1. The molecule has 0 spiro atoms. The first-order chi connectivity index (χ1) is 6.13. The predicted molar refractivity (Wildman–Crippen MR) is 56.6 cm³/mol. The first-order valence-electron chi connectivity index (χ1n) is 3.97. The molecule has 0 fully saturated rings. The minimum absolute atomic E-state index is 0.703. The number of benzene rings is 1. The van der Waals surface area contributed by atoms with E-state index in [2.05, 4.69) is 12.6 Å². The molecule has 66 valence electrons.